The molecule has 1 aromatic heterocycles. The average Bonchev–Trinajstić information content (AvgIpc) is 2.97. The van der Waals surface area contributed by atoms with Crippen molar-refractivity contribution in [3.05, 3.63) is 42.1 Å². The standard InChI is InChI=1S/C14H14N2O3/c1-14(7-8-14)11-9-12(19-16-11)15-13(17)18-10-5-3-2-4-6-10/h2-6,9H,7-8H2,1H3,(H,15,17). The van der Waals surface area contributed by atoms with Gasteiger partial charge in [-0.15, -0.1) is 0 Å². The van der Waals surface area contributed by atoms with E-state index in [2.05, 4.69) is 17.4 Å². The van der Waals surface area contributed by atoms with Crippen LogP contribution >= 0.6 is 0 Å². The Balaban J connectivity index is 1.62. The zero-order valence-corrected chi connectivity index (χ0v) is 10.6. The summed E-state index contributed by atoms with van der Waals surface area (Å²) in [6, 6.07) is 10.6. The smallest absolute Gasteiger partial charge is 0.410 e. The molecule has 0 spiro atoms. The monoisotopic (exact) mass is 258 g/mol. The van der Waals surface area contributed by atoms with Crippen LogP contribution in [0.4, 0.5) is 10.7 Å². The Hall–Kier alpha value is -2.30. The summed E-state index contributed by atoms with van der Waals surface area (Å²) in [6.45, 7) is 2.12. The highest BCUT2D eigenvalue weighted by molar-refractivity contribution is 5.84. The molecule has 3 rings (SSSR count). The van der Waals surface area contributed by atoms with Crippen LogP contribution in [0.5, 0.6) is 5.75 Å². The van der Waals surface area contributed by atoms with Crippen LogP contribution in [0.15, 0.2) is 40.9 Å². The highest BCUT2D eigenvalue weighted by atomic mass is 16.6. The Morgan fingerprint density at radius 3 is 2.79 bits per heavy atom. The van der Waals surface area contributed by atoms with Crippen molar-refractivity contribution in [2.45, 2.75) is 25.2 Å². The minimum absolute atomic E-state index is 0.118. The highest BCUT2D eigenvalue weighted by Gasteiger charge is 2.42. The third-order valence-corrected chi connectivity index (χ3v) is 3.31. The fourth-order valence-electron chi connectivity index (χ4n) is 1.78. The van der Waals surface area contributed by atoms with Crippen molar-refractivity contribution in [3.63, 3.8) is 0 Å². The van der Waals surface area contributed by atoms with Gasteiger partial charge >= 0.3 is 6.09 Å². The third kappa shape index (κ3) is 2.59. The van der Waals surface area contributed by atoms with Crippen LogP contribution in [0.1, 0.15) is 25.5 Å². The second kappa shape index (κ2) is 4.42. The highest BCUT2D eigenvalue weighted by Crippen LogP contribution is 2.47. The van der Waals surface area contributed by atoms with E-state index in [9.17, 15) is 4.79 Å². The van der Waals surface area contributed by atoms with Crippen molar-refractivity contribution < 1.29 is 14.1 Å². The lowest BCUT2D eigenvalue weighted by Gasteiger charge is -2.03. The number of hydrogen-bond donors (Lipinski definition) is 1. The Bertz CT molecular complexity index is 588. The Morgan fingerprint density at radius 2 is 2.11 bits per heavy atom. The molecule has 5 heteroatoms. The normalized spacial score (nSPS) is 15.8. The summed E-state index contributed by atoms with van der Waals surface area (Å²) in [6.07, 6.45) is 1.62. The molecule has 1 aliphatic rings. The maximum Gasteiger partial charge on any atom is 0.419 e. The largest absolute Gasteiger partial charge is 0.419 e. The van der Waals surface area contributed by atoms with Gasteiger partial charge in [0.05, 0.1) is 5.69 Å². The Kier molecular flexibility index (Phi) is 2.74. The van der Waals surface area contributed by atoms with Crippen molar-refractivity contribution in [2.24, 2.45) is 0 Å². The van der Waals surface area contributed by atoms with Gasteiger partial charge in [0.2, 0.25) is 5.88 Å². The number of aromatic nitrogens is 1. The molecular formula is C14H14N2O3. The zero-order chi connectivity index (χ0) is 13.3. The van der Waals surface area contributed by atoms with E-state index in [0.29, 0.717) is 11.6 Å². The van der Waals surface area contributed by atoms with Gasteiger partial charge in [-0.2, -0.15) is 0 Å². The molecule has 98 valence electrons. The van der Waals surface area contributed by atoms with Gasteiger partial charge in [0.1, 0.15) is 5.75 Å². The number of carbonyl (C=O) groups is 1. The number of benzene rings is 1. The van der Waals surface area contributed by atoms with Crippen LogP contribution < -0.4 is 10.1 Å². The lowest BCUT2D eigenvalue weighted by atomic mass is 10.1. The van der Waals surface area contributed by atoms with Gasteiger partial charge < -0.3 is 9.26 Å². The molecule has 0 aliphatic heterocycles. The number of amides is 1. The molecule has 1 heterocycles. The average molecular weight is 258 g/mol. The van der Waals surface area contributed by atoms with Crippen molar-refractivity contribution in [3.8, 4) is 5.75 Å². The molecule has 0 saturated heterocycles. The number of rotatable bonds is 3. The number of hydrogen-bond acceptors (Lipinski definition) is 4. The van der Waals surface area contributed by atoms with Crippen LogP contribution in [-0.2, 0) is 5.41 Å². The van der Waals surface area contributed by atoms with E-state index in [1.165, 1.54) is 0 Å². The molecule has 1 N–H and O–H groups in total. The van der Waals surface area contributed by atoms with Gasteiger partial charge in [0.15, 0.2) is 0 Å². The quantitative estimate of drug-likeness (QED) is 0.917. The van der Waals surface area contributed by atoms with Gasteiger partial charge in [-0.3, -0.25) is 5.32 Å². The summed E-state index contributed by atoms with van der Waals surface area (Å²) in [5.41, 5.74) is 0.995. The summed E-state index contributed by atoms with van der Waals surface area (Å²) in [5, 5.41) is 6.49. The van der Waals surface area contributed by atoms with Gasteiger partial charge in [-0.25, -0.2) is 4.79 Å². The maximum atomic E-state index is 11.6. The molecule has 1 saturated carbocycles. The molecule has 1 aromatic carbocycles. The van der Waals surface area contributed by atoms with Crippen molar-refractivity contribution in [1.29, 1.82) is 0 Å². The fourth-order valence-corrected chi connectivity index (χ4v) is 1.78. The van der Waals surface area contributed by atoms with Crippen LogP contribution in [0.2, 0.25) is 0 Å². The Morgan fingerprint density at radius 1 is 1.37 bits per heavy atom. The first-order valence-electron chi connectivity index (χ1n) is 6.17. The maximum absolute atomic E-state index is 11.6. The van der Waals surface area contributed by atoms with Crippen molar-refractivity contribution in [2.75, 3.05) is 5.32 Å². The molecule has 0 unspecified atom stereocenters. The summed E-state index contributed by atoms with van der Waals surface area (Å²) in [4.78, 5) is 11.6. The first kappa shape index (κ1) is 11.8. The molecular weight excluding hydrogens is 244 g/mol. The first-order valence-corrected chi connectivity index (χ1v) is 6.17. The van der Waals surface area contributed by atoms with Crippen molar-refractivity contribution >= 4 is 12.0 Å². The zero-order valence-electron chi connectivity index (χ0n) is 10.6. The molecule has 1 aliphatic carbocycles. The van der Waals surface area contributed by atoms with E-state index < -0.39 is 6.09 Å². The third-order valence-electron chi connectivity index (χ3n) is 3.31. The molecule has 1 amide bonds. The number of nitrogens with one attached hydrogen (secondary N) is 1. The predicted molar refractivity (Wildman–Crippen MR) is 69.2 cm³/mol. The molecule has 19 heavy (non-hydrogen) atoms. The lowest BCUT2D eigenvalue weighted by Crippen LogP contribution is -2.16. The van der Waals surface area contributed by atoms with Crippen LogP contribution in [0.25, 0.3) is 0 Å². The molecule has 5 nitrogen and oxygen atoms in total. The second-order valence-electron chi connectivity index (χ2n) is 4.96. The van der Waals surface area contributed by atoms with Crippen LogP contribution in [0.3, 0.4) is 0 Å². The topological polar surface area (TPSA) is 64.4 Å². The second-order valence-corrected chi connectivity index (χ2v) is 4.96. The van der Waals surface area contributed by atoms with Crippen LogP contribution in [0, 0.1) is 0 Å². The van der Waals surface area contributed by atoms with E-state index in [1.807, 2.05) is 6.07 Å². The molecule has 2 aromatic rings. The summed E-state index contributed by atoms with van der Waals surface area (Å²) >= 11 is 0. The van der Waals surface area contributed by atoms with E-state index in [1.54, 1.807) is 30.3 Å². The number of carbonyl (C=O) groups excluding carboxylic acids is 1. The van der Waals surface area contributed by atoms with E-state index in [4.69, 9.17) is 9.26 Å². The number of anilines is 1. The van der Waals surface area contributed by atoms with Crippen LogP contribution in [-0.4, -0.2) is 11.2 Å². The minimum atomic E-state index is -0.588. The van der Waals surface area contributed by atoms with Gasteiger partial charge in [0, 0.05) is 11.5 Å². The van der Waals surface area contributed by atoms with E-state index in [0.717, 1.165) is 18.5 Å². The van der Waals surface area contributed by atoms with Gasteiger partial charge in [-0.05, 0) is 25.0 Å². The minimum Gasteiger partial charge on any atom is -0.410 e. The molecule has 0 atom stereocenters. The van der Waals surface area contributed by atoms with Gasteiger partial charge in [0.25, 0.3) is 0 Å². The van der Waals surface area contributed by atoms with E-state index in [-0.39, 0.29) is 5.41 Å². The number of nitrogens with zero attached hydrogens (tertiary/aromatic N) is 1. The summed E-state index contributed by atoms with van der Waals surface area (Å²) in [5.74, 6) is 0.790. The summed E-state index contributed by atoms with van der Waals surface area (Å²) in [7, 11) is 0. The molecule has 1 fully saturated rings. The molecule has 0 bridgehead atoms. The predicted octanol–water partition coefficient (Wildman–Crippen LogP) is 3.34. The summed E-state index contributed by atoms with van der Waals surface area (Å²) < 4.78 is 10.2. The van der Waals surface area contributed by atoms with E-state index >= 15 is 0 Å². The SMILES string of the molecule is CC1(c2cc(NC(=O)Oc3ccccc3)on2)CC1. The fraction of sp³-hybridized carbons (Fsp3) is 0.286. The van der Waals surface area contributed by atoms with Gasteiger partial charge in [-0.1, -0.05) is 30.3 Å². The van der Waals surface area contributed by atoms with Crippen molar-refractivity contribution in [1.82, 2.24) is 5.16 Å². The number of para-hydroxylation sites is 1. The molecule has 0 radical (unpaired) electrons. The number of ether oxygens (including phenoxy) is 1. The first-order chi connectivity index (χ1) is 9.16. The Labute approximate surface area is 110 Å². The lowest BCUT2D eigenvalue weighted by molar-refractivity contribution is 0.214.